The lowest BCUT2D eigenvalue weighted by Gasteiger charge is -2.06. The fourth-order valence-corrected chi connectivity index (χ4v) is 2.85. The first-order chi connectivity index (χ1) is 11.4. The molecule has 0 aliphatic carbocycles. The molecule has 0 atom stereocenters. The van der Waals surface area contributed by atoms with E-state index in [1.165, 1.54) is 11.8 Å². The zero-order valence-electron chi connectivity index (χ0n) is 14.0. The number of nitrogens with one attached hydrogen (secondary N) is 1. The lowest BCUT2D eigenvalue weighted by Crippen LogP contribution is -2.23. The van der Waals surface area contributed by atoms with Crippen LogP contribution in [-0.2, 0) is 22.7 Å². The van der Waals surface area contributed by atoms with E-state index in [-0.39, 0.29) is 0 Å². The first-order valence-corrected chi connectivity index (χ1v) is 9.72. The number of benzene rings is 2. The van der Waals surface area contributed by atoms with E-state index >= 15 is 0 Å². The van der Waals surface area contributed by atoms with Gasteiger partial charge in [-0.25, -0.2) is 8.42 Å². The van der Waals surface area contributed by atoms with Crippen molar-refractivity contribution in [2.45, 2.75) is 24.7 Å². The maximum Gasteiger partial charge on any atom is 0.193 e. The summed E-state index contributed by atoms with van der Waals surface area (Å²) in [4.78, 5) is 4.62. The van der Waals surface area contributed by atoms with E-state index < -0.39 is 9.84 Å². The summed E-state index contributed by atoms with van der Waals surface area (Å²) in [5, 5.41) is 3.06. The van der Waals surface area contributed by atoms with E-state index in [0.29, 0.717) is 23.8 Å². The first-order valence-electron chi connectivity index (χ1n) is 7.83. The number of anilines is 1. The molecule has 0 spiro atoms. The third-order valence-electron chi connectivity index (χ3n) is 3.67. The molecule has 5 nitrogen and oxygen atoms in total. The molecule has 128 valence electrons. The maximum atomic E-state index is 11.4. The lowest BCUT2D eigenvalue weighted by molar-refractivity contribution is 0.602. The van der Waals surface area contributed by atoms with E-state index in [9.17, 15) is 8.42 Å². The molecule has 2 rings (SSSR count). The molecule has 0 heterocycles. The summed E-state index contributed by atoms with van der Waals surface area (Å²) < 4.78 is 22.8. The number of guanidine groups is 1. The summed E-state index contributed by atoms with van der Waals surface area (Å²) in [7, 11) is -3.15. The summed E-state index contributed by atoms with van der Waals surface area (Å²) in [5.41, 5.74) is 9.08. The second kappa shape index (κ2) is 7.97. The van der Waals surface area contributed by atoms with Crippen LogP contribution in [0, 0.1) is 0 Å². The van der Waals surface area contributed by atoms with Crippen molar-refractivity contribution in [3.63, 3.8) is 0 Å². The molecule has 0 saturated heterocycles. The number of rotatable bonds is 6. The Hall–Kier alpha value is -2.34. The van der Waals surface area contributed by atoms with Crippen LogP contribution in [0.2, 0.25) is 0 Å². The minimum atomic E-state index is -3.15. The molecular formula is C18H23N3O2S. The number of hydrogen-bond acceptors (Lipinski definition) is 3. The average molecular weight is 345 g/mol. The predicted octanol–water partition coefficient (Wildman–Crippen LogP) is 2.62. The van der Waals surface area contributed by atoms with Gasteiger partial charge in [-0.2, -0.15) is 0 Å². The van der Waals surface area contributed by atoms with Gasteiger partial charge >= 0.3 is 0 Å². The fraction of sp³-hybridized carbons (Fsp3) is 0.278. The Morgan fingerprint density at radius 3 is 2.17 bits per heavy atom. The highest BCUT2D eigenvalue weighted by Gasteiger charge is 2.05. The SMILES string of the molecule is CCc1ccc(NC(N)=NCCc2ccc(S(C)(=O)=O)cc2)cc1. The molecule has 0 aliphatic rings. The standard InChI is InChI=1S/C18H23N3O2S/c1-3-14-4-8-16(9-5-14)21-18(19)20-13-12-15-6-10-17(11-7-15)24(2,22)23/h4-11H,3,12-13H2,1-2H3,(H3,19,20,21). The Kier molecular flexibility index (Phi) is 5.98. The number of hydrogen-bond donors (Lipinski definition) is 2. The van der Waals surface area contributed by atoms with Crippen LogP contribution in [0.3, 0.4) is 0 Å². The fourth-order valence-electron chi connectivity index (χ4n) is 2.22. The number of aryl methyl sites for hydroxylation is 1. The average Bonchev–Trinajstić information content (AvgIpc) is 2.55. The number of nitrogens with zero attached hydrogens (tertiary/aromatic N) is 1. The minimum Gasteiger partial charge on any atom is -0.370 e. The molecular weight excluding hydrogens is 322 g/mol. The summed E-state index contributed by atoms with van der Waals surface area (Å²) in [6.45, 7) is 2.64. The zero-order valence-corrected chi connectivity index (χ0v) is 14.8. The Labute approximate surface area is 143 Å². The normalized spacial score (nSPS) is 12.2. The van der Waals surface area contributed by atoms with Gasteiger partial charge in [0.2, 0.25) is 0 Å². The van der Waals surface area contributed by atoms with Crippen LogP contribution in [-0.4, -0.2) is 27.2 Å². The van der Waals surface area contributed by atoms with E-state index in [1.54, 1.807) is 24.3 Å². The quantitative estimate of drug-likeness (QED) is 0.622. The van der Waals surface area contributed by atoms with Gasteiger partial charge in [-0.15, -0.1) is 0 Å². The van der Waals surface area contributed by atoms with Crippen LogP contribution >= 0.6 is 0 Å². The highest BCUT2D eigenvalue weighted by molar-refractivity contribution is 7.90. The largest absolute Gasteiger partial charge is 0.370 e. The monoisotopic (exact) mass is 345 g/mol. The van der Waals surface area contributed by atoms with Gasteiger partial charge in [0.25, 0.3) is 0 Å². The van der Waals surface area contributed by atoms with Crippen molar-refractivity contribution >= 4 is 21.5 Å². The molecule has 2 aromatic rings. The molecule has 0 bridgehead atoms. The molecule has 0 aliphatic heterocycles. The molecule has 2 aromatic carbocycles. The van der Waals surface area contributed by atoms with Gasteiger partial charge in [-0.3, -0.25) is 4.99 Å². The van der Waals surface area contributed by atoms with Crippen LogP contribution in [0.15, 0.2) is 58.4 Å². The molecule has 0 radical (unpaired) electrons. The summed E-state index contributed by atoms with van der Waals surface area (Å²) in [5.74, 6) is 0.368. The molecule has 0 fully saturated rings. The molecule has 24 heavy (non-hydrogen) atoms. The van der Waals surface area contributed by atoms with Crippen LogP contribution < -0.4 is 11.1 Å². The maximum absolute atomic E-state index is 11.4. The molecule has 0 amide bonds. The van der Waals surface area contributed by atoms with Gasteiger partial charge < -0.3 is 11.1 Å². The summed E-state index contributed by atoms with van der Waals surface area (Å²) in [6, 6.07) is 14.9. The first kappa shape index (κ1) is 18.0. The van der Waals surface area contributed by atoms with E-state index in [4.69, 9.17) is 5.73 Å². The molecule has 6 heteroatoms. The van der Waals surface area contributed by atoms with Crippen LogP contribution in [0.4, 0.5) is 5.69 Å². The van der Waals surface area contributed by atoms with Gasteiger partial charge in [0.05, 0.1) is 4.90 Å². The molecule has 0 saturated carbocycles. The Morgan fingerprint density at radius 1 is 1.04 bits per heavy atom. The third kappa shape index (κ3) is 5.38. The van der Waals surface area contributed by atoms with Crippen molar-refractivity contribution in [3.8, 4) is 0 Å². The van der Waals surface area contributed by atoms with Gasteiger partial charge in [-0.05, 0) is 48.2 Å². The number of sulfone groups is 1. The van der Waals surface area contributed by atoms with Crippen LogP contribution in [0.1, 0.15) is 18.1 Å². The van der Waals surface area contributed by atoms with Gasteiger partial charge in [0, 0.05) is 18.5 Å². The third-order valence-corrected chi connectivity index (χ3v) is 4.80. The van der Waals surface area contributed by atoms with E-state index in [1.807, 2.05) is 12.1 Å². The van der Waals surface area contributed by atoms with Crippen molar-refractivity contribution in [1.29, 1.82) is 0 Å². The highest BCUT2D eigenvalue weighted by atomic mass is 32.2. The summed E-state index contributed by atoms with van der Waals surface area (Å²) >= 11 is 0. The van der Waals surface area contributed by atoms with Crippen molar-refractivity contribution in [2.75, 3.05) is 18.1 Å². The Balaban J connectivity index is 1.88. The number of aliphatic imine (C=N–C) groups is 1. The second-order valence-corrected chi connectivity index (χ2v) is 7.62. The summed E-state index contributed by atoms with van der Waals surface area (Å²) in [6.07, 6.45) is 2.90. The topological polar surface area (TPSA) is 84.5 Å². The van der Waals surface area contributed by atoms with E-state index in [0.717, 1.165) is 17.7 Å². The Bertz CT molecular complexity index is 795. The zero-order chi connectivity index (χ0) is 17.6. The minimum absolute atomic E-state index is 0.325. The smallest absolute Gasteiger partial charge is 0.193 e. The van der Waals surface area contributed by atoms with Gasteiger partial charge in [0.1, 0.15) is 0 Å². The van der Waals surface area contributed by atoms with Gasteiger partial charge in [0.15, 0.2) is 15.8 Å². The van der Waals surface area contributed by atoms with Crippen LogP contribution in [0.5, 0.6) is 0 Å². The second-order valence-electron chi connectivity index (χ2n) is 5.61. The number of nitrogens with two attached hydrogens (primary N) is 1. The molecule has 0 unspecified atom stereocenters. The van der Waals surface area contributed by atoms with E-state index in [2.05, 4.69) is 29.4 Å². The van der Waals surface area contributed by atoms with Crippen LogP contribution in [0.25, 0.3) is 0 Å². The highest BCUT2D eigenvalue weighted by Crippen LogP contribution is 2.11. The molecule has 0 aromatic heterocycles. The Morgan fingerprint density at radius 2 is 1.62 bits per heavy atom. The molecule has 3 N–H and O–H groups in total. The predicted molar refractivity (Wildman–Crippen MR) is 99.2 cm³/mol. The van der Waals surface area contributed by atoms with Crippen molar-refractivity contribution in [1.82, 2.24) is 0 Å². The lowest BCUT2D eigenvalue weighted by atomic mass is 10.1. The van der Waals surface area contributed by atoms with Crippen molar-refractivity contribution < 1.29 is 8.42 Å². The van der Waals surface area contributed by atoms with Gasteiger partial charge in [-0.1, -0.05) is 31.2 Å². The van der Waals surface area contributed by atoms with Crippen molar-refractivity contribution in [2.24, 2.45) is 10.7 Å². The van der Waals surface area contributed by atoms with Crippen molar-refractivity contribution in [3.05, 3.63) is 59.7 Å².